The van der Waals surface area contributed by atoms with E-state index >= 15 is 4.39 Å². The summed E-state index contributed by atoms with van der Waals surface area (Å²) in [6.07, 6.45) is 0.552. The van der Waals surface area contributed by atoms with Gasteiger partial charge >= 0.3 is 6.18 Å². The van der Waals surface area contributed by atoms with Crippen molar-refractivity contribution < 1.29 is 22.3 Å². The van der Waals surface area contributed by atoms with Crippen LogP contribution in [-0.4, -0.2) is 75.0 Å². The van der Waals surface area contributed by atoms with Crippen LogP contribution in [0, 0.1) is 5.82 Å². The number of rotatable bonds is 5. The van der Waals surface area contributed by atoms with Crippen molar-refractivity contribution >= 4 is 22.4 Å². The quantitative estimate of drug-likeness (QED) is 0.399. The molecule has 1 saturated heterocycles. The van der Waals surface area contributed by atoms with Gasteiger partial charge in [0.25, 0.3) is 0 Å². The van der Waals surface area contributed by atoms with E-state index in [0.29, 0.717) is 22.3 Å². The number of pyridine rings is 2. The molecule has 1 aliphatic rings. The summed E-state index contributed by atoms with van der Waals surface area (Å²) in [5.74, 6) is 0.155. The van der Waals surface area contributed by atoms with Crippen LogP contribution >= 0.6 is 0 Å². The Balaban J connectivity index is 1.57. The summed E-state index contributed by atoms with van der Waals surface area (Å²) >= 11 is 0. The first-order chi connectivity index (χ1) is 17.1. The Hall–Kier alpha value is -3.41. The molecule has 12 heteroatoms. The van der Waals surface area contributed by atoms with Gasteiger partial charge in [0.2, 0.25) is 0 Å². The summed E-state index contributed by atoms with van der Waals surface area (Å²) < 4.78 is 61.8. The molecule has 4 aromatic heterocycles. The highest BCUT2D eigenvalue weighted by atomic mass is 19.4. The third-order valence-electron chi connectivity index (χ3n) is 6.61. The first-order valence-corrected chi connectivity index (χ1v) is 11.7. The Labute approximate surface area is 204 Å². The summed E-state index contributed by atoms with van der Waals surface area (Å²) in [5, 5.41) is 4.64. The van der Waals surface area contributed by atoms with Gasteiger partial charge in [-0.2, -0.15) is 18.3 Å². The number of anilines is 1. The lowest BCUT2D eigenvalue weighted by Gasteiger charge is -2.40. The van der Waals surface area contributed by atoms with E-state index in [1.54, 1.807) is 35.8 Å². The molecule has 4 aromatic rings. The van der Waals surface area contributed by atoms with E-state index < -0.39 is 18.5 Å². The number of alkyl halides is 3. The molecule has 36 heavy (non-hydrogen) atoms. The summed E-state index contributed by atoms with van der Waals surface area (Å²) in [4.78, 5) is 15.0. The normalized spacial score (nSPS) is 17.6. The number of aromatic amines is 1. The highest BCUT2D eigenvalue weighted by Gasteiger charge is 2.35. The Morgan fingerprint density at radius 3 is 2.67 bits per heavy atom. The number of piperazine rings is 1. The van der Waals surface area contributed by atoms with Gasteiger partial charge in [-0.3, -0.25) is 4.90 Å². The van der Waals surface area contributed by atoms with Crippen molar-refractivity contribution in [2.24, 2.45) is 0 Å². The number of ether oxygens (including phenoxy) is 1. The topological polar surface area (TPSA) is 74.6 Å². The van der Waals surface area contributed by atoms with E-state index in [9.17, 15) is 13.2 Å². The highest BCUT2D eigenvalue weighted by Crippen LogP contribution is 2.40. The largest absolute Gasteiger partial charge is 0.493 e. The maximum absolute atomic E-state index is 16.1. The molecule has 0 aromatic carbocycles. The summed E-state index contributed by atoms with van der Waals surface area (Å²) in [6.45, 7) is 5.38. The molecular weight excluding hydrogens is 478 g/mol. The second-order valence-electron chi connectivity index (χ2n) is 9.47. The van der Waals surface area contributed by atoms with Crippen LogP contribution in [0.15, 0.2) is 24.8 Å². The van der Waals surface area contributed by atoms with Gasteiger partial charge in [-0.25, -0.2) is 18.9 Å². The predicted octanol–water partition coefficient (Wildman–Crippen LogP) is 4.62. The van der Waals surface area contributed by atoms with E-state index in [0.717, 1.165) is 16.8 Å². The van der Waals surface area contributed by atoms with E-state index in [2.05, 4.69) is 20.1 Å². The maximum atomic E-state index is 16.1. The van der Waals surface area contributed by atoms with E-state index in [4.69, 9.17) is 4.74 Å². The standard InChI is InChI=1S/C24H27F4N7O/c1-13(2)18-19-16(32-21(18)15-7-17(36-4)22-30-12-31-35(22)10-15)8-29-23(20(19)25)34-6-5-33(9-14(34)3)11-24(26,27)28/h7-8,10,12-14,32H,5-6,9,11H2,1-4H3. The minimum atomic E-state index is -4.27. The molecule has 5 heterocycles. The zero-order valence-corrected chi connectivity index (χ0v) is 20.4. The van der Waals surface area contributed by atoms with Gasteiger partial charge in [0.05, 0.1) is 31.1 Å². The highest BCUT2D eigenvalue weighted by molar-refractivity contribution is 5.93. The fourth-order valence-corrected chi connectivity index (χ4v) is 5.09. The lowest BCUT2D eigenvalue weighted by atomic mass is 9.96. The van der Waals surface area contributed by atoms with Gasteiger partial charge in [0.15, 0.2) is 23.0 Å². The van der Waals surface area contributed by atoms with Crippen LogP contribution in [0.25, 0.3) is 27.8 Å². The Morgan fingerprint density at radius 1 is 1.22 bits per heavy atom. The predicted molar refractivity (Wildman–Crippen MR) is 128 cm³/mol. The van der Waals surface area contributed by atoms with E-state index in [1.165, 1.54) is 11.2 Å². The monoisotopic (exact) mass is 505 g/mol. The number of nitrogens with zero attached hydrogens (tertiary/aromatic N) is 6. The van der Waals surface area contributed by atoms with Crippen LogP contribution in [0.3, 0.4) is 0 Å². The van der Waals surface area contributed by atoms with Crippen molar-refractivity contribution in [3.8, 4) is 17.0 Å². The molecule has 1 atom stereocenters. The third kappa shape index (κ3) is 4.23. The van der Waals surface area contributed by atoms with Gasteiger partial charge < -0.3 is 14.6 Å². The SMILES string of the molecule is COc1cc(-c2[nH]c3cnc(N4CCN(CC(F)(F)F)CC4C)c(F)c3c2C(C)C)cn2ncnc12. The molecular formula is C24H27F4N7O. The van der Waals surface area contributed by atoms with Crippen LogP contribution in [-0.2, 0) is 0 Å². The number of fused-ring (bicyclic) bond motifs is 2. The molecule has 1 fully saturated rings. The van der Waals surface area contributed by atoms with Gasteiger partial charge in [-0.15, -0.1) is 0 Å². The molecule has 0 radical (unpaired) electrons. The molecule has 0 spiro atoms. The minimum Gasteiger partial charge on any atom is -0.493 e. The van der Waals surface area contributed by atoms with Crippen LogP contribution in [0.4, 0.5) is 23.4 Å². The molecule has 1 N–H and O–H groups in total. The summed E-state index contributed by atoms with van der Waals surface area (Å²) in [7, 11) is 1.55. The molecule has 8 nitrogen and oxygen atoms in total. The zero-order valence-electron chi connectivity index (χ0n) is 20.4. The van der Waals surface area contributed by atoms with Crippen LogP contribution in [0.2, 0.25) is 0 Å². The number of hydrogen-bond acceptors (Lipinski definition) is 6. The number of halogens is 4. The fourth-order valence-electron chi connectivity index (χ4n) is 5.09. The number of nitrogens with one attached hydrogen (secondary N) is 1. The molecule has 1 unspecified atom stereocenters. The minimum absolute atomic E-state index is 0.0444. The van der Waals surface area contributed by atoms with Crippen molar-refractivity contribution in [1.82, 2.24) is 29.5 Å². The first kappa shape index (κ1) is 24.3. The molecule has 0 amide bonds. The van der Waals surface area contributed by atoms with Crippen LogP contribution in [0.5, 0.6) is 5.75 Å². The Bertz CT molecular complexity index is 1410. The molecule has 5 rings (SSSR count). The smallest absolute Gasteiger partial charge is 0.401 e. The summed E-state index contributed by atoms with van der Waals surface area (Å²) in [5.41, 5.74) is 3.35. The first-order valence-electron chi connectivity index (χ1n) is 11.7. The Kier molecular flexibility index (Phi) is 6.01. The fraction of sp³-hybridized carbons (Fsp3) is 0.458. The molecule has 0 saturated carbocycles. The van der Waals surface area contributed by atoms with E-state index in [-0.39, 0.29) is 37.4 Å². The molecule has 0 bridgehead atoms. The number of hydrogen-bond donors (Lipinski definition) is 1. The van der Waals surface area contributed by atoms with Gasteiger partial charge in [-0.1, -0.05) is 13.8 Å². The van der Waals surface area contributed by atoms with Crippen molar-refractivity contribution in [2.45, 2.75) is 38.9 Å². The average molecular weight is 506 g/mol. The van der Waals surface area contributed by atoms with Gasteiger partial charge in [0, 0.05) is 42.8 Å². The maximum Gasteiger partial charge on any atom is 0.401 e. The number of H-pyrrole nitrogens is 1. The third-order valence-corrected chi connectivity index (χ3v) is 6.61. The van der Waals surface area contributed by atoms with Crippen LogP contribution < -0.4 is 9.64 Å². The number of aromatic nitrogens is 5. The zero-order chi connectivity index (χ0) is 25.8. The van der Waals surface area contributed by atoms with E-state index in [1.807, 2.05) is 19.9 Å². The number of methoxy groups -OCH3 is 1. The molecule has 192 valence electrons. The summed E-state index contributed by atoms with van der Waals surface area (Å²) in [6, 6.07) is 1.50. The molecule has 0 aliphatic carbocycles. The second-order valence-corrected chi connectivity index (χ2v) is 9.47. The van der Waals surface area contributed by atoms with Gasteiger partial charge in [0.1, 0.15) is 6.33 Å². The molecule has 1 aliphatic heterocycles. The lowest BCUT2D eigenvalue weighted by Crippen LogP contribution is -2.54. The van der Waals surface area contributed by atoms with Gasteiger partial charge in [-0.05, 0) is 24.5 Å². The lowest BCUT2D eigenvalue weighted by molar-refractivity contribution is -0.147. The average Bonchev–Trinajstić information content (AvgIpc) is 3.43. The van der Waals surface area contributed by atoms with Crippen molar-refractivity contribution in [2.75, 3.05) is 38.2 Å². The van der Waals surface area contributed by atoms with Crippen LogP contribution in [0.1, 0.15) is 32.3 Å². The van der Waals surface area contributed by atoms with Crippen molar-refractivity contribution in [3.05, 3.63) is 36.2 Å². The van der Waals surface area contributed by atoms with Crippen molar-refractivity contribution in [1.29, 1.82) is 0 Å². The Morgan fingerprint density at radius 2 is 2.00 bits per heavy atom. The van der Waals surface area contributed by atoms with Crippen molar-refractivity contribution in [3.63, 3.8) is 0 Å². The second kappa shape index (κ2) is 8.91.